The predicted octanol–water partition coefficient (Wildman–Crippen LogP) is 3.60. The van der Waals surface area contributed by atoms with Crippen molar-refractivity contribution in [2.24, 2.45) is 5.73 Å². The van der Waals surface area contributed by atoms with Gasteiger partial charge in [-0.3, -0.25) is 4.90 Å². The molecular formula is C15H23ClN2. The number of halogens is 1. The van der Waals surface area contributed by atoms with Crippen LogP contribution < -0.4 is 5.73 Å². The molecule has 1 aliphatic heterocycles. The zero-order valence-electron chi connectivity index (χ0n) is 11.3. The fourth-order valence-corrected chi connectivity index (χ4v) is 3.18. The molecule has 0 saturated carbocycles. The molecule has 1 aromatic carbocycles. The highest BCUT2D eigenvalue weighted by Crippen LogP contribution is 2.37. The van der Waals surface area contributed by atoms with Gasteiger partial charge in [0.15, 0.2) is 0 Å². The Morgan fingerprint density at radius 3 is 2.50 bits per heavy atom. The van der Waals surface area contributed by atoms with Crippen LogP contribution in [0, 0.1) is 0 Å². The van der Waals surface area contributed by atoms with Crippen LogP contribution in [-0.2, 0) is 0 Å². The molecule has 0 amide bonds. The normalized spacial score (nSPS) is 21.8. The average molecular weight is 267 g/mol. The number of likely N-dealkylation sites (tertiary alicyclic amines) is 1. The van der Waals surface area contributed by atoms with Crippen molar-refractivity contribution in [3.05, 3.63) is 34.9 Å². The van der Waals surface area contributed by atoms with Gasteiger partial charge in [-0.2, -0.15) is 0 Å². The molecule has 100 valence electrons. The van der Waals surface area contributed by atoms with Crippen molar-refractivity contribution in [3.63, 3.8) is 0 Å². The first kappa shape index (κ1) is 13.9. The third-order valence-electron chi connectivity index (χ3n) is 4.45. The molecule has 1 heterocycles. The largest absolute Gasteiger partial charge is 0.322 e. The summed E-state index contributed by atoms with van der Waals surface area (Å²) < 4.78 is 0. The van der Waals surface area contributed by atoms with E-state index in [0.717, 1.165) is 30.1 Å². The number of nitrogens with zero attached hydrogens (tertiary/aromatic N) is 1. The summed E-state index contributed by atoms with van der Waals surface area (Å²) in [6.45, 7) is 6.80. The third kappa shape index (κ3) is 2.42. The Balaban J connectivity index is 2.29. The van der Waals surface area contributed by atoms with E-state index in [1.54, 1.807) is 0 Å². The minimum absolute atomic E-state index is 0.00148. The Kier molecular flexibility index (Phi) is 4.31. The minimum atomic E-state index is -0.0331. The van der Waals surface area contributed by atoms with Gasteiger partial charge in [-0.1, -0.05) is 36.7 Å². The Bertz CT molecular complexity index is 401. The quantitative estimate of drug-likeness (QED) is 0.902. The van der Waals surface area contributed by atoms with E-state index in [4.69, 9.17) is 17.3 Å². The molecule has 2 N–H and O–H groups in total. The Hall–Kier alpha value is -0.570. The third-order valence-corrected chi connectivity index (χ3v) is 4.80. The van der Waals surface area contributed by atoms with Gasteiger partial charge in [0, 0.05) is 16.6 Å². The van der Waals surface area contributed by atoms with Crippen molar-refractivity contribution < 1.29 is 0 Å². The molecule has 2 unspecified atom stereocenters. The summed E-state index contributed by atoms with van der Waals surface area (Å²) in [6, 6.07) is 7.92. The second-order valence-electron chi connectivity index (χ2n) is 5.40. The molecule has 2 atom stereocenters. The van der Waals surface area contributed by atoms with E-state index in [2.05, 4.69) is 24.8 Å². The molecule has 3 heteroatoms. The molecule has 1 aromatic rings. The molecule has 1 aliphatic rings. The van der Waals surface area contributed by atoms with Gasteiger partial charge >= 0.3 is 0 Å². The van der Waals surface area contributed by atoms with E-state index >= 15 is 0 Å². The zero-order chi connectivity index (χ0) is 13.2. The van der Waals surface area contributed by atoms with Crippen LogP contribution in [0.25, 0.3) is 0 Å². The highest BCUT2D eigenvalue weighted by atomic mass is 35.5. The topological polar surface area (TPSA) is 29.3 Å². The van der Waals surface area contributed by atoms with Crippen molar-refractivity contribution in [3.8, 4) is 0 Å². The van der Waals surface area contributed by atoms with Crippen LogP contribution >= 0.6 is 11.6 Å². The first-order chi connectivity index (χ1) is 8.59. The monoisotopic (exact) mass is 266 g/mol. The van der Waals surface area contributed by atoms with Crippen LogP contribution in [0.1, 0.15) is 44.7 Å². The lowest BCUT2D eigenvalue weighted by atomic mass is 9.83. The van der Waals surface area contributed by atoms with E-state index in [-0.39, 0.29) is 11.6 Å². The summed E-state index contributed by atoms with van der Waals surface area (Å²) in [4.78, 5) is 2.53. The Morgan fingerprint density at radius 1 is 1.33 bits per heavy atom. The van der Waals surface area contributed by atoms with E-state index in [1.807, 2.05) is 18.2 Å². The van der Waals surface area contributed by atoms with E-state index < -0.39 is 0 Å². The maximum atomic E-state index is 6.54. The van der Waals surface area contributed by atoms with Crippen molar-refractivity contribution in [2.75, 3.05) is 13.1 Å². The van der Waals surface area contributed by atoms with Crippen LogP contribution in [0.4, 0.5) is 0 Å². The van der Waals surface area contributed by atoms with Crippen LogP contribution in [0.15, 0.2) is 24.3 Å². The molecule has 0 aliphatic carbocycles. The van der Waals surface area contributed by atoms with Crippen LogP contribution in [-0.4, -0.2) is 23.5 Å². The molecule has 0 spiro atoms. The second kappa shape index (κ2) is 5.60. The lowest BCUT2D eigenvalue weighted by Gasteiger charge is -2.43. The zero-order valence-corrected chi connectivity index (χ0v) is 12.1. The van der Waals surface area contributed by atoms with Crippen molar-refractivity contribution in [1.82, 2.24) is 4.90 Å². The molecule has 0 radical (unpaired) electrons. The molecule has 0 bridgehead atoms. The summed E-state index contributed by atoms with van der Waals surface area (Å²) in [6.07, 6.45) is 3.61. The highest BCUT2D eigenvalue weighted by molar-refractivity contribution is 6.31. The summed E-state index contributed by atoms with van der Waals surface area (Å²) in [5.41, 5.74) is 7.61. The van der Waals surface area contributed by atoms with Gasteiger partial charge in [-0.15, -0.1) is 0 Å². The van der Waals surface area contributed by atoms with Gasteiger partial charge in [-0.25, -0.2) is 0 Å². The van der Waals surface area contributed by atoms with Crippen LogP contribution in [0.2, 0.25) is 5.02 Å². The van der Waals surface area contributed by atoms with Gasteiger partial charge in [0.05, 0.1) is 0 Å². The summed E-state index contributed by atoms with van der Waals surface area (Å²) in [7, 11) is 0. The minimum Gasteiger partial charge on any atom is -0.322 e. The number of rotatable bonds is 4. The fraction of sp³-hybridized carbons (Fsp3) is 0.600. The number of hydrogen-bond donors (Lipinski definition) is 1. The highest BCUT2D eigenvalue weighted by Gasteiger charge is 2.38. The maximum absolute atomic E-state index is 6.54. The summed E-state index contributed by atoms with van der Waals surface area (Å²) in [5, 5.41) is 0.781. The molecule has 2 rings (SSSR count). The lowest BCUT2D eigenvalue weighted by Crippen LogP contribution is -2.51. The van der Waals surface area contributed by atoms with Gasteiger partial charge < -0.3 is 5.73 Å². The Morgan fingerprint density at radius 2 is 1.94 bits per heavy atom. The van der Waals surface area contributed by atoms with Gasteiger partial charge in [0.1, 0.15) is 0 Å². The molecule has 0 aromatic heterocycles. The molecule has 1 saturated heterocycles. The van der Waals surface area contributed by atoms with Gasteiger partial charge in [0.2, 0.25) is 0 Å². The first-order valence-corrected chi connectivity index (χ1v) is 7.22. The van der Waals surface area contributed by atoms with Crippen LogP contribution in [0.5, 0.6) is 0 Å². The van der Waals surface area contributed by atoms with Gasteiger partial charge in [-0.05, 0) is 50.9 Å². The molecular weight excluding hydrogens is 244 g/mol. The first-order valence-electron chi connectivity index (χ1n) is 6.84. The van der Waals surface area contributed by atoms with Crippen LogP contribution in [0.3, 0.4) is 0 Å². The van der Waals surface area contributed by atoms with Crippen molar-refractivity contribution in [1.29, 1.82) is 0 Å². The Labute approximate surface area is 115 Å². The standard InChI is InChI=1S/C15H23ClN2/c1-3-15(2,18-10-6-7-11-18)14(17)12-8-4-5-9-13(12)16/h4-5,8-9,14H,3,6-7,10-11,17H2,1-2H3. The van der Waals surface area contributed by atoms with Crippen molar-refractivity contribution in [2.45, 2.75) is 44.7 Å². The number of benzene rings is 1. The molecule has 18 heavy (non-hydrogen) atoms. The summed E-state index contributed by atoms with van der Waals surface area (Å²) in [5.74, 6) is 0. The van der Waals surface area contributed by atoms with E-state index in [1.165, 1.54) is 12.8 Å². The maximum Gasteiger partial charge on any atom is 0.0494 e. The summed E-state index contributed by atoms with van der Waals surface area (Å²) >= 11 is 6.29. The average Bonchev–Trinajstić information content (AvgIpc) is 2.92. The number of nitrogens with two attached hydrogens (primary N) is 1. The van der Waals surface area contributed by atoms with E-state index in [9.17, 15) is 0 Å². The smallest absolute Gasteiger partial charge is 0.0494 e. The molecule has 2 nitrogen and oxygen atoms in total. The molecule has 1 fully saturated rings. The predicted molar refractivity (Wildman–Crippen MR) is 77.9 cm³/mol. The SMILES string of the molecule is CCC(C)(C(N)c1ccccc1Cl)N1CCCC1. The van der Waals surface area contributed by atoms with E-state index in [0.29, 0.717) is 0 Å². The fourth-order valence-electron chi connectivity index (χ4n) is 2.93. The second-order valence-corrected chi connectivity index (χ2v) is 5.81. The van der Waals surface area contributed by atoms with Gasteiger partial charge in [0.25, 0.3) is 0 Å². The lowest BCUT2D eigenvalue weighted by molar-refractivity contribution is 0.100. The number of hydrogen-bond acceptors (Lipinski definition) is 2. The van der Waals surface area contributed by atoms with Crippen molar-refractivity contribution >= 4 is 11.6 Å².